The van der Waals surface area contributed by atoms with Gasteiger partial charge in [-0.1, -0.05) is 36.4 Å². The molecule has 0 fully saturated rings. The molecular formula is C18H21N3O5. The van der Waals surface area contributed by atoms with Gasteiger partial charge < -0.3 is 15.2 Å². The highest BCUT2D eigenvalue weighted by atomic mass is 16.5. The van der Waals surface area contributed by atoms with Crippen molar-refractivity contribution in [2.75, 3.05) is 13.2 Å². The number of carbonyl (C=O) groups is 3. The van der Waals surface area contributed by atoms with Gasteiger partial charge in [-0.05, 0) is 5.56 Å². The van der Waals surface area contributed by atoms with Crippen LogP contribution in [0.2, 0.25) is 0 Å². The summed E-state index contributed by atoms with van der Waals surface area (Å²) in [5.41, 5.74) is 1.00. The molecule has 0 aliphatic carbocycles. The van der Waals surface area contributed by atoms with Crippen LogP contribution in [0.5, 0.6) is 0 Å². The number of hydrogen-bond donors (Lipinski definition) is 2. The van der Waals surface area contributed by atoms with E-state index in [2.05, 4.69) is 17.0 Å². The highest BCUT2D eigenvalue weighted by Crippen LogP contribution is 2.13. The van der Waals surface area contributed by atoms with Crippen molar-refractivity contribution in [3.8, 4) is 0 Å². The summed E-state index contributed by atoms with van der Waals surface area (Å²) in [5.74, 6) is -2.02. The first kappa shape index (κ1) is 19.3. The van der Waals surface area contributed by atoms with Crippen LogP contribution in [0.15, 0.2) is 48.1 Å². The summed E-state index contributed by atoms with van der Waals surface area (Å²) in [6.07, 6.45) is 1.79. The Kier molecular flexibility index (Phi) is 7.04. The number of carboxylic acid groups (broad SMARTS) is 1. The van der Waals surface area contributed by atoms with E-state index in [1.165, 1.54) is 11.1 Å². The quantitative estimate of drug-likeness (QED) is 0.504. The van der Waals surface area contributed by atoms with Crippen molar-refractivity contribution in [3.05, 3.63) is 48.6 Å². The normalized spacial score (nSPS) is 15.2. The fourth-order valence-corrected chi connectivity index (χ4v) is 2.33. The number of amides is 2. The number of aliphatic carboxylic acids is 1. The van der Waals surface area contributed by atoms with E-state index < -0.39 is 17.9 Å². The molecule has 0 saturated carbocycles. The number of carboxylic acids is 1. The number of hydrazone groups is 1. The Morgan fingerprint density at radius 1 is 1.35 bits per heavy atom. The van der Waals surface area contributed by atoms with E-state index in [4.69, 9.17) is 4.74 Å². The first-order valence-corrected chi connectivity index (χ1v) is 8.15. The first-order valence-electron chi connectivity index (χ1n) is 8.15. The van der Waals surface area contributed by atoms with Crippen LogP contribution in [0.4, 0.5) is 0 Å². The summed E-state index contributed by atoms with van der Waals surface area (Å²) < 4.78 is 5.09. The van der Waals surface area contributed by atoms with Crippen LogP contribution in [0.1, 0.15) is 18.4 Å². The number of ether oxygens (including phenoxy) is 1. The molecule has 1 aromatic carbocycles. The fraction of sp³-hybridized carbons (Fsp3) is 0.333. The Bertz CT molecular complexity index is 702. The van der Waals surface area contributed by atoms with Crippen molar-refractivity contribution >= 4 is 23.5 Å². The maximum Gasteiger partial charge on any atom is 0.328 e. The van der Waals surface area contributed by atoms with E-state index in [1.54, 1.807) is 0 Å². The molecule has 0 radical (unpaired) electrons. The van der Waals surface area contributed by atoms with E-state index in [9.17, 15) is 19.5 Å². The summed E-state index contributed by atoms with van der Waals surface area (Å²) in [6.45, 7) is 3.71. The molecule has 1 heterocycles. The van der Waals surface area contributed by atoms with Gasteiger partial charge in [0.15, 0.2) is 6.04 Å². The van der Waals surface area contributed by atoms with Gasteiger partial charge in [0.2, 0.25) is 5.91 Å². The number of rotatable bonds is 9. The van der Waals surface area contributed by atoms with E-state index in [0.29, 0.717) is 0 Å². The van der Waals surface area contributed by atoms with Crippen molar-refractivity contribution in [1.29, 1.82) is 0 Å². The van der Waals surface area contributed by atoms with E-state index in [-0.39, 0.29) is 44.2 Å². The minimum atomic E-state index is -1.21. The second kappa shape index (κ2) is 9.47. The molecule has 8 nitrogen and oxygen atoms in total. The molecular weight excluding hydrogens is 338 g/mol. The topological polar surface area (TPSA) is 108 Å². The Balaban J connectivity index is 2.04. The number of nitrogens with zero attached hydrogens (tertiary/aromatic N) is 2. The average molecular weight is 359 g/mol. The van der Waals surface area contributed by atoms with Crippen molar-refractivity contribution in [1.82, 2.24) is 10.3 Å². The fourth-order valence-electron chi connectivity index (χ4n) is 2.33. The van der Waals surface area contributed by atoms with Gasteiger partial charge in [-0.3, -0.25) is 9.59 Å². The molecule has 2 rings (SSSR count). The molecule has 0 aromatic heterocycles. The van der Waals surface area contributed by atoms with Gasteiger partial charge in [0.25, 0.3) is 5.91 Å². The molecule has 1 unspecified atom stereocenters. The minimum Gasteiger partial charge on any atom is -0.480 e. The molecule has 2 amide bonds. The van der Waals surface area contributed by atoms with Crippen LogP contribution in [0.3, 0.4) is 0 Å². The van der Waals surface area contributed by atoms with Crippen LogP contribution >= 0.6 is 0 Å². The summed E-state index contributed by atoms with van der Waals surface area (Å²) >= 11 is 0. The van der Waals surface area contributed by atoms with Gasteiger partial charge in [0.05, 0.1) is 19.8 Å². The van der Waals surface area contributed by atoms with E-state index >= 15 is 0 Å². The number of carbonyl (C=O) groups excluding carboxylic acids is 2. The molecule has 26 heavy (non-hydrogen) atoms. The zero-order chi connectivity index (χ0) is 18.9. The van der Waals surface area contributed by atoms with Crippen molar-refractivity contribution in [3.63, 3.8) is 0 Å². The molecule has 1 aliphatic heterocycles. The van der Waals surface area contributed by atoms with Crippen molar-refractivity contribution < 1.29 is 24.2 Å². The third-order valence-electron chi connectivity index (χ3n) is 3.67. The maximum atomic E-state index is 12.3. The van der Waals surface area contributed by atoms with Gasteiger partial charge in [0.1, 0.15) is 5.71 Å². The van der Waals surface area contributed by atoms with Gasteiger partial charge in [-0.15, -0.1) is 6.58 Å². The van der Waals surface area contributed by atoms with Crippen LogP contribution < -0.4 is 5.32 Å². The second-order valence-corrected chi connectivity index (χ2v) is 5.67. The molecule has 1 aliphatic rings. The Labute approximate surface area is 151 Å². The van der Waals surface area contributed by atoms with Gasteiger partial charge >= 0.3 is 5.97 Å². The molecule has 8 heteroatoms. The third kappa shape index (κ3) is 5.52. The zero-order valence-electron chi connectivity index (χ0n) is 14.3. The molecule has 0 spiro atoms. The van der Waals surface area contributed by atoms with Crippen molar-refractivity contribution in [2.45, 2.75) is 25.4 Å². The van der Waals surface area contributed by atoms with E-state index in [0.717, 1.165) is 5.56 Å². The molecule has 1 aromatic rings. The smallest absolute Gasteiger partial charge is 0.328 e. The van der Waals surface area contributed by atoms with Crippen LogP contribution in [0, 0.1) is 0 Å². The predicted molar refractivity (Wildman–Crippen MR) is 94.2 cm³/mol. The SMILES string of the molecule is C=CCOCC(NC(=O)C1=NN(Cc2ccccc2)C(=O)CC1)C(=O)O. The molecule has 2 N–H and O–H groups in total. The number of hydrogen-bond acceptors (Lipinski definition) is 5. The third-order valence-corrected chi connectivity index (χ3v) is 3.67. The number of nitrogens with one attached hydrogen (secondary N) is 1. The lowest BCUT2D eigenvalue weighted by Gasteiger charge is -2.24. The highest BCUT2D eigenvalue weighted by molar-refractivity contribution is 6.39. The van der Waals surface area contributed by atoms with Crippen LogP contribution in [-0.2, 0) is 25.7 Å². The summed E-state index contributed by atoms with van der Waals surface area (Å²) in [7, 11) is 0. The Hall–Kier alpha value is -3.00. The van der Waals surface area contributed by atoms with Crippen LogP contribution in [0.25, 0.3) is 0 Å². The molecule has 1 atom stereocenters. The molecule has 0 saturated heterocycles. The highest BCUT2D eigenvalue weighted by Gasteiger charge is 2.27. The standard InChI is InChI=1S/C18H21N3O5/c1-2-10-26-12-15(18(24)25)19-17(23)14-8-9-16(22)21(20-14)11-13-6-4-3-5-7-13/h2-7,15H,1,8-12H2,(H,19,23)(H,24,25). The van der Waals surface area contributed by atoms with Gasteiger partial charge in [0, 0.05) is 12.8 Å². The lowest BCUT2D eigenvalue weighted by molar-refractivity contribution is -0.142. The minimum absolute atomic E-state index is 0.121. The summed E-state index contributed by atoms with van der Waals surface area (Å²) in [5, 5.41) is 16.9. The van der Waals surface area contributed by atoms with Gasteiger partial charge in [-0.25, -0.2) is 9.80 Å². The molecule has 138 valence electrons. The number of benzene rings is 1. The molecule has 0 bridgehead atoms. The lowest BCUT2D eigenvalue weighted by atomic mass is 10.1. The van der Waals surface area contributed by atoms with E-state index in [1.807, 2.05) is 30.3 Å². The maximum absolute atomic E-state index is 12.3. The largest absolute Gasteiger partial charge is 0.480 e. The van der Waals surface area contributed by atoms with Crippen molar-refractivity contribution in [2.24, 2.45) is 5.10 Å². The summed E-state index contributed by atoms with van der Waals surface area (Å²) in [6, 6.07) is 8.07. The van der Waals surface area contributed by atoms with Gasteiger partial charge in [-0.2, -0.15) is 5.10 Å². The summed E-state index contributed by atoms with van der Waals surface area (Å²) in [4.78, 5) is 35.6. The lowest BCUT2D eigenvalue weighted by Crippen LogP contribution is -2.48. The first-order chi connectivity index (χ1) is 12.5. The Morgan fingerprint density at radius 3 is 2.73 bits per heavy atom. The second-order valence-electron chi connectivity index (χ2n) is 5.67. The average Bonchev–Trinajstić information content (AvgIpc) is 2.63. The predicted octanol–water partition coefficient (Wildman–Crippen LogP) is 0.937. The zero-order valence-corrected chi connectivity index (χ0v) is 14.3. The Morgan fingerprint density at radius 2 is 2.08 bits per heavy atom. The van der Waals surface area contributed by atoms with Crippen LogP contribution in [-0.4, -0.2) is 52.9 Å². The monoisotopic (exact) mass is 359 g/mol.